The fourth-order valence-corrected chi connectivity index (χ4v) is 1.89. The zero-order chi connectivity index (χ0) is 14.4. The lowest BCUT2D eigenvalue weighted by atomic mass is 10.1. The van der Waals surface area contributed by atoms with Crippen LogP contribution in [0.15, 0.2) is 16.6 Å². The van der Waals surface area contributed by atoms with E-state index in [9.17, 15) is 18.4 Å². The third kappa shape index (κ3) is 4.59. The molecule has 104 valence electrons. The van der Waals surface area contributed by atoms with Crippen LogP contribution in [0.2, 0.25) is 0 Å². The summed E-state index contributed by atoms with van der Waals surface area (Å²) in [4.78, 5) is 22.2. The van der Waals surface area contributed by atoms with E-state index in [1.165, 1.54) is 6.07 Å². The van der Waals surface area contributed by atoms with Gasteiger partial charge in [-0.05, 0) is 40.5 Å². The average Bonchev–Trinajstić information content (AvgIpc) is 2.32. The Morgan fingerprint density at radius 1 is 1.47 bits per heavy atom. The predicted molar refractivity (Wildman–Crippen MR) is 66.5 cm³/mol. The van der Waals surface area contributed by atoms with Crippen molar-refractivity contribution >= 4 is 28.2 Å². The molecule has 0 N–H and O–H groups in total. The summed E-state index contributed by atoms with van der Waals surface area (Å²) < 4.78 is 33.7. The molecule has 0 aliphatic rings. The van der Waals surface area contributed by atoms with E-state index in [1.807, 2.05) is 0 Å². The summed E-state index contributed by atoms with van der Waals surface area (Å²) in [7, 11) is 0. The van der Waals surface area contributed by atoms with E-state index in [1.54, 1.807) is 6.92 Å². The molecule has 0 heterocycles. The summed E-state index contributed by atoms with van der Waals surface area (Å²) >= 11 is 3.14. The molecular weight excluding hydrogens is 326 g/mol. The van der Waals surface area contributed by atoms with E-state index in [0.717, 1.165) is 6.07 Å². The van der Waals surface area contributed by atoms with Crippen LogP contribution >= 0.6 is 15.9 Å². The highest BCUT2D eigenvalue weighted by Crippen LogP contribution is 2.28. The standard InChI is InChI=1S/C12H11BrF2O4/c1-2-18-10(17)5-7-3-9(19-12(14)15)4-8(6-16)11(7)13/h3-4,6,12H,2,5H2,1H3. The zero-order valence-electron chi connectivity index (χ0n) is 9.99. The molecule has 1 aromatic carbocycles. The molecule has 0 unspecified atom stereocenters. The van der Waals surface area contributed by atoms with Crippen molar-refractivity contribution in [2.75, 3.05) is 6.61 Å². The lowest BCUT2D eigenvalue weighted by molar-refractivity contribution is -0.142. The van der Waals surface area contributed by atoms with Gasteiger partial charge in [0, 0.05) is 10.0 Å². The molecule has 0 fully saturated rings. The van der Waals surface area contributed by atoms with Gasteiger partial charge in [0.05, 0.1) is 13.0 Å². The number of rotatable bonds is 6. The Labute approximate surface area is 116 Å². The van der Waals surface area contributed by atoms with Crippen LogP contribution in [0.1, 0.15) is 22.8 Å². The van der Waals surface area contributed by atoms with Crippen molar-refractivity contribution in [1.82, 2.24) is 0 Å². The lowest BCUT2D eigenvalue weighted by Crippen LogP contribution is -2.09. The third-order valence-electron chi connectivity index (χ3n) is 2.14. The molecule has 1 rings (SSSR count). The van der Waals surface area contributed by atoms with Crippen molar-refractivity contribution in [3.8, 4) is 5.75 Å². The minimum absolute atomic E-state index is 0.123. The highest BCUT2D eigenvalue weighted by molar-refractivity contribution is 9.10. The van der Waals surface area contributed by atoms with Crippen LogP contribution in [0.25, 0.3) is 0 Å². The number of halogens is 3. The molecule has 0 bridgehead atoms. The number of hydrogen-bond donors (Lipinski definition) is 0. The number of carbonyl (C=O) groups excluding carboxylic acids is 2. The van der Waals surface area contributed by atoms with Gasteiger partial charge in [0.2, 0.25) is 0 Å². The minimum atomic E-state index is -3.00. The summed E-state index contributed by atoms with van der Waals surface area (Å²) in [5.41, 5.74) is 0.469. The minimum Gasteiger partial charge on any atom is -0.466 e. The van der Waals surface area contributed by atoms with Gasteiger partial charge >= 0.3 is 12.6 Å². The van der Waals surface area contributed by atoms with E-state index < -0.39 is 12.6 Å². The van der Waals surface area contributed by atoms with Crippen LogP contribution in [0.3, 0.4) is 0 Å². The number of hydrogen-bond acceptors (Lipinski definition) is 4. The Morgan fingerprint density at radius 3 is 2.68 bits per heavy atom. The number of alkyl halides is 2. The number of esters is 1. The van der Waals surface area contributed by atoms with Crippen LogP contribution in [-0.2, 0) is 16.0 Å². The quantitative estimate of drug-likeness (QED) is 0.592. The first-order valence-electron chi connectivity index (χ1n) is 5.36. The molecule has 0 aromatic heterocycles. The highest BCUT2D eigenvalue weighted by atomic mass is 79.9. The maximum absolute atomic E-state index is 12.2. The largest absolute Gasteiger partial charge is 0.466 e. The van der Waals surface area contributed by atoms with Gasteiger partial charge in [-0.3, -0.25) is 9.59 Å². The molecule has 1 aromatic rings. The normalized spacial score (nSPS) is 10.4. The second-order valence-corrected chi connectivity index (χ2v) is 4.26. The molecule has 4 nitrogen and oxygen atoms in total. The maximum Gasteiger partial charge on any atom is 0.387 e. The summed E-state index contributed by atoms with van der Waals surface area (Å²) in [5, 5.41) is 0. The van der Waals surface area contributed by atoms with Crippen molar-refractivity contribution in [2.24, 2.45) is 0 Å². The highest BCUT2D eigenvalue weighted by Gasteiger charge is 2.15. The first-order valence-corrected chi connectivity index (χ1v) is 6.15. The number of ether oxygens (including phenoxy) is 2. The molecule has 0 amide bonds. The van der Waals surface area contributed by atoms with Crippen LogP contribution < -0.4 is 4.74 Å². The average molecular weight is 337 g/mol. The van der Waals surface area contributed by atoms with E-state index in [0.29, 0.717) is 16.3 Å². The van der Waals surface area contributed by atoms with Gasteiger partial charge in [0.15, 0.2) is 6.29 Å². The SMILES string of the molecule is CCOC(=O)Cc1cc(OC(F)F)cc(C=O)c1Br. The molecule has 0 atom stereocenters. The van der Waals surface area contributed by atoms with E-state index in [4.69, 9.17) is 4.74 Å². The van der Waals surface area contributed by atoms with Crippen LogP contribution in [0, 0.1) is 0 Å². The molecule has 0 radical (unpaired) electrons. The van der Waals surface area contributed by atoms with Crippen LogP contribution in [0.4, 0.5) is 8.78 Å². The zero-order valence-corrected chi connectivity index (χ0v) is 11.6. The Balaban J connectivity index is 3.06. The first kappa shape index (κ1) is 15.6. The van der Waals surface area contributed by atoms with Crippen molar-refractivity contribution in [3.63, 3.8) is 0 Å². The van der Waals surface area contributed by atoms with Gasteiger partial charge in [-0.15, -0.1) is 0 Å². The second kappa shape index (κ2) is 7.18. The topological polar surface area (TPSA) is 52.6 Å². The molecule has 0 spiro atoms. The Hall–Kier alpha value is -1.50. The van der Waals surface area contributed by atoms with Gasteiger partial charge < -0.3 is 9.47 Å². The molecule has 0 aliphatic carbocycles. The summed E-state index contributed by atoms with van der Waals surface area (Å²) in [6.45, 7) is -1.14. The van der Waals surface area contributed by atoms with Crippen molar-refractivity contribution in [1.29, 1.82) is 0 Å². The third-order valence-corrected chi connectivity index (χ3v) is 3.11. The van der Waals surface area contributed by atoms with Gasteiger partial charge in [-0.1, -0.05) is 0 Å². The molecule has 19 heavy (non-hydrogen) atoms. The molecule has 7 heteroatoms. The Morgan fingerprint density at radius 2 is 2.16 bits per heavy atom. The summed E-state index contributed by atoms with van der Waals surface area (Å²) in [6, 6.07) is 2.43. The lowest BCUT2D eigenvalue weighted by Gasteiger charge is -2.11. The molecule has 0 aliphatic heterocycles. The smallest absolute Gasteiger partial charge is 0.387 e. The fourth-order valence-electron chi connectivity index (χ4n) is 1.43. The van der Waals surface area contributed by atoms with Crippen LogP contribution in [0.5, 0.6) is 5.75 Å². The summed E-state index contributed by atoms with van der Waals surface area (Å²) in [6.07, 6.45) is 0.340. The summed E-state index contributed by atoms with van der Waals surface area (Å²) in [5.74, 6) is -0.700. The predicted octanol–water partition coefficient (Wildman–Crippen LogP) is 2.97. The van der Waals surface area contributed by atoms with E-state index in [2.05, 4.69) is 20.7 Å². The van der Waals surface area contributed by atoms with E-state index in [-0.39, 0.29) is 24.3 Å². The van der Waals surface area contributed by atoms with Crippen LogP contribution in [-0.4, -0.2) is 25.5 Å². The van der Waals surface area contributed by atoms with Crippen molar-refractivity contribution < 1.29 is 27.8 Å². The fraction of sp³-hybridized carbons (Fsp3) is 0.333. The second-order valence-electron chi connectivity index (χ2n) is 3.46. The molecule has 0 saturated carbocycles. The number of benzene rings is 1. The van der Waals surface area contributed by atoms with Gasteiger partial charge in [0.1, 0.15) is 5.75 Å². The van der Waals surface area contributed by atoms with Crippen molar-refractivity contribution in [2.45, 2.75) is 20.0 Å². The van der Waals surface area contributed by atoms with Gasteiger partial charge in [0.25, 0.3) is 0 Å². The number of aldehydes is 1. The first-order chi connectivity index (χ1) is 8.97. The Kier molecular flexibility index (Phi) is 5.88. The Bertz CT molecular complexity index is 477. The molecular formula is C12H11BrF2O4. The van der Waals surface area contributed by atoms with E-state index >= 15 is 0 Å². The number of carbonyl (C=O) groups is 2. The monoisotopic (exact) mass is 336 g/mol. The van der Waals surface area contributed by atoms with Gasteiger partial charge in [-0.25, -0.2) is 0 Å². The van der Waals surface area contributed by atoms with Gasteiger partial charge in [-0.2, -0.15) is 8.78 Å². The maximum atomic E-state index is 12.2. The van der Waals surface area contributed by atoms with Crippen molar-refractivity contribution in [3.05, 3.63) is 27.7 Å². The molecule has 0 saturated heterocycles.